The molecule has 1 saturated heterocycles. The molecular weight excluding hydrogens is 296 g/mol. The van der Waals surface area contributed by atoms with Crippen LogP contribution in [0.2, 0.25) is 0 Å². The molecule has 0 spiro atoms. The molecule has 0 saturated carbocycles. The van der Waals surface area contributed by atoms with Crippen LogP contribution in [0.3, 0.4) is 0 Å². The first kappa shape index (κ1) is 17.3. The monoisotopic (exact) mass is 320 g/mol. The first-order valence-corrected chi connectivity index (χ1v) is 7.77. The molecule has 126 valence electrons. The highest BCUT2D eigenvalue weighted by atomic mass is 16.6. The zero-order valence-corrected chi connectivity index (χ0v) is 13.9. The van der Waals surface area contributed by atoms with E-state index in [1.54, 1.807) is 25.7 Å². The summed E-state index contributed by atoms with van der Waals surface area (Å²) in [6, 6.07) is 9.06. The maximum Gasteiger partial charge on any atom is 0.411 e. The topological polar surface area (TPSA) is 70.1 Å². The number of anilines is 1. The molecule has 1 N–H and O–H groups in total. The molecule has 0 aliphatic carbocycles. The van der Waals surface area contributed by atoms with Gasteiger partial charge in [-0.15, -0.1) is 0 Å². The lowest BCUT2D eigenvalue weighted by atomic mass is 10.1. The second-order valence-electron chi connectivity index (χ2n) is 6.61. The van der Waals surface area contributed by atoms with Gasteiger partial charge in [-0.3, -0.25) is 9.69 Å². The number of piperazine rings is 1. The molecule has 1 aliphatic heterocycles. The van der Waals surface area contributed by atoms with E-state index in [1.807, 2.05) is 30.3 Å². The summed E-state index contributed by atoms with van der Waals surface area (Å²) in [6.45, 7) is 5.61. The fourth-order valence-corrected chi connectivity index (χ4v) is 2.56. The minimum atomic E-state index is -0.625. The molecule has 2 amide bonds. The summed E-state index contributed by atoms with van der Waals surface area (Å²) in [5.74, 6) is -0.156. The van der Waals surface area contributed by atoms with Gasteiger partial charge in [0.1, 0.15) is 12.1 Å². The number of aliphatic hydroxyl groups is 1. The number of aliphatic hydroxyl groups excluding tert-OH is 1. The van der Waals surface area contributed by atoms with Gasteiger partial charge in [-0.25, -0.2) is 4.79 Å². The van der Waals surface area contributed by atoms with Crippen molar-refractivity contribution in [3.05, 3.63) is 30.3 Å². The first-order chi connectivity index (χ1) is 10.8. The predicted octanol–water partition coefficient (Wildman–Crippen LogP) is 2.02. The summed E-state index contributed by atoms with van der Waals surface area (Å²) in [4.78, 5) is 27.9. The van der Waals surface area contributed by atoms with Crippen molar-refractivity contribution in [1.82, 2.24) is 4.90 Å². The van der Waals surface area contributed by atoms with Gasteiger partial charge in [0.15, 0.2) is 0 Å². The Morgan fingerprint density at radius 1 is 1.30 bits per heavy atom. The highest BCUT2D eigenvalue weighted by molar-refractivity contribution is 5.97. The fourth-order valence-electron chi connectivity index (χ4n) is 2.56. The van der Waals surface area contributed by atoms with E-state index in [9.17, 15) is 14.7 Å². The third-order valence-corrected chi connectivity index (χ3v) is 3.60. The maximum atomic E-state index is 12.4. The summed E-state index contributed by atoms with van der Waals surface area (Å²) < 4.78 is 5.38. The number of para-hydroxylation sites is 1. The molecule has 1 fully saturated rings. The van der Waals surface area contributed by atoms with E-state index in [0.717, 1.165) is 5.69 Å². The number of amides is 2. The van der Waals surface area contributed by atoms with Gasteiger partial charge in [0.25, 0.3) is 0 Å². The third kappa shape index (κ3) is 4.45. The first-order valence-electron chi connectivity index (χ1n) is 7.77. The molecule has 6 nitrogen and oxygen atoms in total. The molecule has 1 unspecified atom stereocenters. The van der Waals surface area contributed by atoms with Crippen LogP contribution in [-0.2, 0) is 9.53 Å². The molecule has 1 aromatic carbocycles. The van der Waals surface area contributed by atoms with Crippen LogP contribution in [0.15, 0.2) is 30.3 Å². The number of ether oxygens (including phenoxy) is 1. The second kappa shape index (κ2) is 7.00. The van der Waals surface area contributed by atoms with E-state index in [2.05, 4.69) is 0 Å². The van der Waals surface area contributed by atoms with Crippen LogP contribution in [0.1, 0.15) is 27.2 Å². The Morgan fingerprint density at radius 3 is 2.52 bits per heavy atom. The van der Waals surface area contributed by atoms with E-state index in [0.29, 0.717) is 13.0 Å². The Labute approximate surface area is 136 Å². The Hall–Kier alpha value is -2.08. The lowest BCUT2D eigenvalue weighted by Gasteiger charge is -2.41. The number of nitrogens with zero attached hydrogens (tertiary/aromatic N) is 2. The van der Waals surface area contributed by atoms with Crippen LogP contribution < -0.4 is 4.90 Å². The van der Waals surface area contributed by atoms with Gasteiger partial charge in [0, 0.05) is 18.8 Å². The average molecular weight is 320 g/mol. The van der Waals surface area contributed by atoms with Crippen molar-refractivity contribution in [1.29, 1.82) is 0 Å². The van der Waals surface area contributed by atoms with Crippen LogP contribution >= 0.6 is 0 Å². The van der Waals surface area contributed by atoms with Crippen molar-refractivity contribution in [2.24, 2.45) is 0 Å². The second-order valence-corrected chi connectivity index (χ2v) is 6.61. The molecule has 1 heterocycles. The smallest absolute Gasteiger partial charge is 0.411 e. The molecule has 0 aromatic heterocycles. The van der Waals surface area contributed by atoms with Gasteiger partial charge in [-0.05, 0) is 39.3 Å². The Kier molecular flexibility index (Phi) is 5.26. The van der Waals surface area contributed by atoms with Crippen molar-refractivity contribution in [2.45, 2.75) is 38.8 Å². The van der Waals surface area contributed by atoms with Crippen molar-refractivity contribution in [3.8, 4) is 0 Å². The summed E-state index contributed by atoms with van der Waals surface area (Å²) in [7, 11) is 0. The molecule has 2 rings (SSSR count). The van der Waals surface area contributed by atoms with Crippen molar-refractivity contribution in [2.75, 3.05) is 24.6 Å². The fraction of sp³-hybridized carbons (Fsp3) is 0.529. The van der Waals surface area contributed by atoms with E-state index in [-0.39, 0.29) is 25.1 Å². The summed E-state index contributed by atoms with van der Waals surface area (Å²) in [5, 5.41) is 9.29. The van der Waals surface area contributed by atoms with E-state index >= 15 is 0 Å². The minimum Gasteiger partial charge on any atom is -0.444 e. The SMILES string of the molecule is CC(C)(C)OC(=O)N1CC(=O)N(c2ccccc2)CC1CCO. The predicted molar refractivity (Wildman–Crippen MR) is 87.2 cm³/mol. The van der Waals surface area contributed by atoms with Crippen molar-refractivity contribution < 1.29 is 19.4 Å². The van der Waals surface area contributed by atoms with Crippen LogP contribution in [0.5, 0.6) is 0 Å². The number of hydrogen-bond donors (Lipinski definition) is 1. The van der Waals surface area contributed by atoms with Crippen molar-refractivity contribution >= 4 is 17.7 Å². The molecule has 0 radical (unpaired) electrons. The summed E-state index contributed by atoms with van der Waals surface area (Å²) >= 11 is 0. The highest BCUT2D eigenvalue weighted by Gasteiger charge is 2.37. The quantitative estimate of drug-likeness (QED) is 0.925. The molecule has 6 heteroatoms. The number of benzene rings is 1. The van der Waals surface area contributed by atoms with Gasteiger partial charge >= 0.3 is 6.09 Å². The van der Waals surface area contributed by atoms with Gasteiger partial charge < -0.3 is 14.7 Å². The molecule has 1 atom stereocenters. The van der Waals surface area contributed by atoms with Gasteiger partial charge in [-0.1, -0.05) is 18.2 Å². The summed E-state index contributed by atoms with van der Waals surface area (Å²) in [6.07, 6.45) is -0.118. The standard InChI is InChI=1S/C17H24N2O4/c1-17(2,3)23-16(22)19-12-15(21)18(11-14(19)9-10-20)13-7-5-4-6-8-13/h4-8,14,20H,9-12H2,1-3H3. The van der Waals surface area contributed by atoms with Crippen LogP contribution in [0.4, 0.5) is 10.5 Å². The molecular formula is C17H24N2O4. The lowest BCUT2D eigenvalue weighted by molar-refractivity contribution is -0.122. The third-order valence-electron chi connectivity index (χ3n) is 3.60. The number of rotatable bonds is 3. The molecule has 1 aliphatic rings. The normalized spacial score (nSPS) is 19.0. The van der Waals surface area contributed by atoms with Crippen LogP contribution in [0, 0.1) is 0 Å². The Morgan fingerprint density at radius 2 is 1.96 bits per heavy atom. The van der Waals surface area contributed by atoms with Gasteiger partial charge in [0.2, 0.25) is 5.91 Å². The zero-order valence-electron chi connectivity index (χ0n) is 13.9. The molecule has 23 heavy (non-hydrogen) atoms. The highest BCUT2D eigenvalue weighted by Crippen LogP contribution is 2.23. The van der Waals surface area contributed by atoms with E-state index in [4.69, 9.17) is 4.74 Å². The Bertz CT molecular complexity index is 553. The number of hydrogen-bond acceptors (Lipinski definition) is 4. The molecule has 1 aromatic rings. The number of carbonyl (C=O) groups is 2. The number of carbonyl (C=O) groups excluding carboxylic acids is 2. The van der Waals surface area contributed by atoms with Crippen LogP contribution in [-0.4, -0.2) is 53.3 Å². The van der Waals surface area contributed by atoms with E-state index < -0.39 is 11.7 Å². The van der Waals surface area contributed by atoms with Crippen LogP contribution in [0.25, 0.3) is 0 Å². The lowest BCUT2D eigenvalue weighted by Crippen LogP contribution is -2.59. The minimum absolute atomic E-state index is 0.0471. The van der Waals surface area contributed by atoms with Crippen molar-refractivity contribution in [3.63, 3.8) is 0 Å². The largest absolute Gasteiger partial charge is 0.444 e. The average Bonchev–Trinajstić information content (AvgIpc) is 2.48. The van der Waals surface area contributed by atoms with Gasteiger partial charge in [-0.2, -0.15) is 0 Å². The van der Waals surface area contributed by atoms with E-state index in [1.165, 1.54) is 4.90 Å². The maximum absolute atomic E-state index is 12.4. The zero-order chi connectivity index (χ0) is 17.0. The summed E-state index contributed by atoms with van der Waals surface area (Å²) in [5.41, 5.74) is 0.171. The van der Waals surface area contributed by atoms with Gasteiger partial charge in [0.05, 0.1) is 6.04 Å². The Balaban J connectivity index is 2.17. The molecule has 0 bridgehead atoms.